The molecule has 0 bridgehead atoms. The van der Waals surface area contributed by atoms with Gasteiger partial charge in [0.05, 0.1) is 19.6 Å². The van der Waals surface area contributed by atoms with Gasteiger partial charge in [0.25, 0.3) is 0 Å². The Balaban J connectivity index is 3.13. The van der Waals surface area contributed by atoms with Gasteiger partial charge in [-0.05, 0) is 12.2 Å². The summed E-state index contributed by atoms with van der Waals surface area (Å²) in [7, 11) is 1.65. The number of aliphatic carboxylic acids is 1. The van der Waals surface area contributed by atoms with Crippen LogP contribution >= 0.6 is 11.8 Å². The Morgan fingerprint density at radius 2 is 2.13 bits per heavy atom. The summed E-state index contributed by atoms with van der Waals surface area (Å²) in [6.07, 6.45) is 1.19. The highest BCUT2D eigenvalue weighted by Crippen LogP contribution is 2.14. The Labute approximate surface area is 95.3 Å². The molecule has 0 aliphatic rings. The molecular formula is C10H20O4S. The van der Waals surface area contributed by atoms with Crippen LogP contribution in [0.4, 0.5) is 0 Å². The van der Waals surface area contributed by atoms with E-state index in [4.69, 9.17) is 14.6 Å². The third-order valence-corrected chi connectivity index (χ3v) is 2.99. The lowest BCUT2D eigenvalue weighted by Crippen LogP contribution is -2.08. The Morgan fingerprint density at radius 3 is 2.73 bits per heavy atom. The van der Waals surface area contributed by atoms with Gasteiger partial charge in [-0.25, -0.2) is 0 Å². The zero-order valence-corrected chi connectivity index (χ0v) is 10.2. The van der Waals surface area contributed by atoms with E-state index in [0.717, 1.165) is 18.8 Å². The van der Waals surface area contributed by atoms with Crippen molar-refractivity contribution in [1.29, 1.82) is 0 Å². The summed E-state index contributed by atoms with van der Waals surface area (Å²) in [6, 6.07) is 0. The second kappa shape index (κ2) is 10.3. The van der Waals surface area contributed by atoms with Gasteiger partial charge in [-0.2, -0.15) is 11.8 Å². The van der Waals surface area contributed by atoms with Crippen LogP contribution in [0.3, 0.4) is 0 Å². The molecule has 0 rings (SSSR count). The van der Waals surface area contributed by atoms with Crippen molar-refractivity contribution in [3.05, 3.63) is 0 Å². The maximum absolute atomic E-state index is 10.4. The van der Waals surface area contributed by atoms with E-state index in [1.165, 1.54) is 0 Å². The Bertz CT molecular complexity index is 164. The summed E-state index contributed by atoms with van der Waals surface area (Å²) in [5.41, 5.74) is 0. The van der Waals surface area contributed by atoms with Gasteiger partial charge in [-0.1, -0.05) is 6.92 Å². The van der Waals surface area contributed by atoms with Gasteiger partial charge in [0.15, 0.2) is 0 Å². The third kappa shape index (κ3) is 11.7. The first-order chi connectivity index (χ1) is 7.16. The van der Waals surface area contributed by atoms with Crippen molar-refractivity contribution in [2.24, 2.45) is 0 Å². The molecule has 15 heavy (non-hydrogen) atoms. The van der Waals surface area contributed by atoms with Crippen LogP contribution in [0.1, 0.15) is 19.8 Å². The van der Waals surface area contributed by atoms with Crippen molar-refractivity contribution in [2.45, 2.75) is 25.0 Å². The minimum atomic E-state index is -0.730. The molecule has 0 aromatic carbocycles. The van der Waals surface area contributed by atoms with Crippen molar-refractivity contribution < 1.29 is 19.4 Å². The van der Waals surface area contributed by atoms with Gasteiger partial charge >= 0.3 is 5.97 Å². The van der Waals surface area contributed by atoms with Crippen LogP contribution in [0.25, 0.3) is 0 Å². The van der Waals surface area contributed by atoms with E-state index in [1.54, 1.807) is 18.9 Å². The highest BCUT2D eigenvalue weighted by Gasteiger charge is 2.06. The molecule has 1 atom stereocenters. The quantitative estimate of drug-likeness (QED) is 0.584. The minimum Gasteiger partial charge on any atom is -0.481 e. The molecule has 90 valence electrons. The number of methoxy groups -OCH3 is 1. The summed E-state index contributed by atoms with van der Waals surface area (Å²) in [5.74, 6) is 0.216. The van der Waals surface area contributed by atoms with Crippen molar-refractivity contribution in [1.82, 2.24) is 0 Å². The smallest absolute Gasteiger partial charge is 0.304 e. The number of carboxylic acids is 1. The molecule has 0 aromatic heterocycles. The third-order valence-electron chi connectivity index (χ3n) is 1.73. The fraction of sp³-hybridized carbons (Fsp3) is 0.900. The number of hydrogen-bond acceptors (Lipinski definition) is 4. The topological polar surface area (TPSA) is 55.8 Å². The van der Waals surface area contributed by atoms with Gasteiger partial charge in [0.2, 0.25) is 0 Å². The summed E-state index contributed by atoms with van der Waals surface area (Å²) in [6.45, 7) is 3.91. The van der Waals surface area contributed by atoms with Gasteiger partial charge in [0.1, 0.15) is 0 Å². The molecule has 0 aromatic rings. The van der Waals surface area contributed by atoms with E-state index >= 15 is 0 Å². The van der Waals surface area contributed by atoms with E-state index in [2.05, 4.69) is 0 Å². The summed E-state index contributed by atoms with van der Waals surface area (Å²) in [4.78, 5) is 10.4. The minimum absolute atomic E-state index is 0.182. The SMILES string of the molecule is COCCOCCCSC(C)CC(=O)O. The van der Waals surface area contributed by atoms with Crippen molar-refractivity contribution in [3.63, 3.8) is 0 Å². The first-order valence-electron chi connectivity index (χ1n) is 5.07. The number of thioether (sulfide) groups is 1. The lowest BCUT2D eigenvalue weighted by Gasteiger charge is -2.08. The number of carbonyl (C=O) groups is 1. The van der Waals surface area contributed by atoms with Crippen molar-refractivity contribution in [2.75, 3.05) is 32.7 Å². The molecule has 1 unspecified atom stereocenters. The van der Waals surface area contributed by atoms with E-state index in [0.29, 0.717) is 13.2 Å². The highest BCUT2D eigenvalue weighted by molar-refractivity contribution is 7.99. The molecule has 0 radical (unpaired) electrons. The maximum Gasteiger partial charge on any atom is 0.304 e. The number of carboxylic acid groups (broad SMARTS) is 1. The largest absolute Gasteiger partial charge is 0.481 e. The zero-order valence-electron chi connectivity index (χ0n) is 9.40. The average Bonchev–Trinajstić information content (AvgIpc) is 2.15. The Morgan fingerprint density at radius 1 is 1.40 bits per heavy atom. The maximum atomic E-state index is 10.4. The molecule has 0 saturated carbocycles. The number of hydrogen-bond donors (Lipinski definition) is 1. The first kappa shape index (κ1) is 14.7. The molecule has 0 aliphatic carbocycles. The van der Waals surface area contributed by atoms with Crippen LogP contribution in [0.5, 0.6) is 0 Å². The fourth-order valence-electron chi connectivity index (χ4n) is 0.995. The summed E-state index contributed by atoms with van der Waals surface area (Å²) >= 11 is 1.68. The summed E-state index contributed by atoms with van der Waals surface area (Å²) in [5, 5.41) is 8.71. The van der Waals surface area contributed by atoms with Crippen LogP contribution in [0, 0.1) is 0 Å². The fourth-order valence-corrected chi connectivity index (χ4v) is 1.94. The van der Waals surface area contributed by atoms with Crippen LogP contribution in [-0.4, -0.2) is 49.0 Å². The lowest BCUT2D eigenvalue weighted by molar-refractivity contribution is -0.136. The molecule has 0 fully saturated rings. The van der Waals surface area contributed by atoms with E-state index in [-0.39, 0.29) is 11.7 Å². The van der Waals surface area contributed by atoms with E-state index in [9.17, 15) is 4.79 Å². The monoisotopic (exact) mass is 236 g/mol. The zero-order chi connectivity index (χ0) is 11.5. The molecule has 0 heterocycles. The molecule has 5 heteroatoms. The molecule has 0 saturated heterocycles. The Hall–Kier alpha value is -0.260. The van der Waals surface area contributed by atoms with Crippen LogP contribution < -0.4 is 0 Å². The number of ether oxygens (including phenoxy) is 2. The molecule has 0 aliphatic heterocycles. The predicted octanol–water partition coefficient (Wildman–Crippen LogP) is 1.64. The van der Waals surface area contributed by atoms with Gasteiger partial charge in [-0.15, -0.1) is 0 Å². The lowest BCUT2D eigenvalue weighted by atomic mass is 10.3. The van der Waals surface area contributed by atoms with Crippen LogP contribution in [0.2, 0.25) is 0 Å². The van der Waals surface area contributed by atoms with Crippen LogP contribution in [0.15, 0.2) is 0 Å². The van der Waals surface area contributed by atoms with Gasteiger partial charge in [0, 0.05) is 19.0 Å². The van der Waals surface area contributed by atoms with Gasteiger partial charge < -0.3 is 14.6 Å². The molecular weight excluding hydrogens is 216 g/mol. The average molecular weight is 236 g/mol. The second-order valence-corrected chi connectivity index (χ2v) is 4.78. The first-order valence-corrected chi connectivity index (χ1v) is 6.11. The predicted molar refractivity (Wildman–Crippen MR) is 61.5 cm³/mol. The normalized spacial score (nSPS) is 12.7. The second-order valence-electron chi connectivity index (χ2n) is 3.24. The van der Waals surface area contributed by atoms with Crippen molar-refractivity contribution in [3.8, 4) is 0 Å². The number of rotatable bonds is 10. The standard InChI is InChI=1S/C10H20O4S/c1-9(8-10(11)12)15-7-3-4-14-6-5-13-2/h9H,3-8H2,1-2H3,(H,11,12). The molecule has 0 amide bonds. The van der Waals surface area contributed by atoms with Gasteiger partial charge in [-0.3, -0.25) is 4.79 Å². The molecule has 0 spiro atoms. The highest BCUT2D eigenvalue weighted by atomic mass is 32.2. The Kier molecular flexibility index (Phi) is 10.1. The molecule has 4 nitrogen and oxygen atoms in total. The summed E-state index contributed by atoms with van der Waals surface area (Å²) < 4.78 is 10.1. The molecule has 1 N–H and O–H groups in total. The van der Waals surface area contributed by atoms with Crippen molar-refractivity contribution >= 4 is 17.7 Å². The van der Waals surface area contributed by atoms with E-state index in [1.807, 2.05) is 6.92 Å². The van der Waals surface area contributed by atoms with Crippen LogP contribution in [-0.2, 0) is 14.3 Å². The van der Waals surface area contributed by atoms with E-state index < -0.39 is 5.97 Å².